The topological polar surface area (TPSA) is 73.2 Å². The van der Waals surface area contributed by atoms with E-state index in [-0.39, 0.29) is 4.90 Å². The largest absolute Gasteiger partial charge is 0.494 e. The number of ether oxygens (including phenoxy) is 1. The van der Waals surface area contributed by atoms with Crippen LogP contribution in [0.4, 0.5) is 5.69 Å². The molecule has 0 spiro atoms. The van der Waals surface area contributed by atoms with Crippen molar-refractivity contribution in [2.24, 2.45) is 7.05 Å². The Hall–Kier alpha value is -2.80. The maximum absolute atomic E-state index is 12.7. The lowest BCUT2D eigenvalue weighted by molar-refractivity contribution is 0.340. The Morgan fingerprint density at radius 2 is 1.76 bits per heavy atom. The Bertz CT molecular complexity index is 949. The van der Waals surface area contributed by atoms with Crippen molar-refractivity contribution in [2.75, 3.05) is 11.3 Å². The Morgan fingerprint density at radius 1 is 1.08 bits per heavy atom. The number of nitrogens with zero attached hydrogens (tertiary/aromatic N) is 2. The van der Waals surface area contributed by atoms with Gasteiger partial charge in [0.25, 0.3) is 10.0 Å². The Balaban J connectivity index is 1.92. The second-order valence-electron chi connectivity index (χ2n) is 5.41. The molecule has 0 aliphatic heterocycles. The molecule has 0 aliphatic carbocycles. The maximum atomic E-state index is 12.7. The van der Waals surface area contributed by atoms with E-state index < -0.39 is 10.0 Å². The molecule has 25 heavy (non-hydrogen) atoms. The number of sulfonamides is 1. The molecule has 6 nitrogen and oxygen atoms in total. The molecule has 130 valence electrons. The number of aromatic nitrogens is 2. The molecule has 0 saturated carbocycles. The van der Waals surface area contributed by atoms with Crippen LogP contribution >= 0.6 is 0 Å². The molecule has 0 bridgehead atoms. The molecular weight excluding hydrogens is 338 g/mol. The van der Waals surface area contributed by atoms with Crippen molar-refractivity contribution in [3.05, 3.63) is 60.8 Å². The fourth-order valence-electron chi connectivity index (χ4n) is 2.54. The highest BCUT2D eigenvalue weighted by molar-refractivity contribution is 7.92. The first-order valence-corrected chi connectivity index (χ1v) is 9.32. The molecule has 3 rings (SSSR count). The summed E-state index contributed by atoms with van der Waals surface area (Å²) in [6, 6.07) is 15.8. The predicted octanol–water partition coefficient (Wildman–Crippen LogP) is 3.29. The summed E-state index contributed by atoms with van der Waals surface area (Å²) in [5.41, 5.74) is 2.02. The van der Waals surface area contributed by atoms with Gasteiger partial charge in [-0.2, -0.15) is 5.10 Å². The lowest BCUT2D eigenvalue weighted by Gasteiger charge is -2.10. The third-order valence-corrected chi connectivity index (χ3v) is 5.06. The number of aryl methyl sites for hydroxylation is 1. The number of benzene rings is 2. The van der Waals surface area contributed by atoms with Crippen LogP contribution in [-0.2, 0) is 17.1 Å². The summed E-state index contributed by atoms with van der Waals surface area (Å²) < 4.78 is 35.0. The molecule has 0 saturated heterocycles. The third-order valence-electron chi connectivity index (χ3n) is 3.68. The second kappa shape index (κ2) is 6.98. The van der Waals surface area contributed by atoms with E-state index in [0.29, 0.717) is 23.7 Å². The van der Waals surface area contributed by atoms with Gasteiger partial charge in [-0.05, 0) is 31.2 Å². The van der Waals surface area contributed by atoms with Crippen LogP contribution in [0, 0.1) is 0 Å². The first-order chi connectivity index (χ1) is 12.0. The molecule has 0 unspecified atom stereocenters. The molecular formula is C18H19N3O3S. The SMILES string of the molecule is CCOc1ccc(S(=O)(=O)Nc2cnn(C)c2-c2ccccc2)cc1. The maximum Gasteiger partial charge on any atom is 0.262 e. The fraction of sp³-hybridized carbons (Fsp3) is 0.167. The lowest BCUT2D eigenvalue weighted by Crippen LogP contribution is -2.13. The van der Waals surface area contributed by atoms with Crippen LogP contribution < -0.4 is 9.46 Å². The van der Waals surface area contributed by atoms with Gasteiger partial charge < -0.3 is 4.74 Å². The Kier molecular flexibility index (Phi) is 4.76. The van der Waals surface area contributed by atoms with Gasteiger partial charge in [-0.15, -0.1) is 0 Å². The first-order valence-electron chi connectivity index (χ1n) is 7.84. The van der Waals surface area contributed by atoms with Crippen molar-refractivity contribution in [2.45, 2.75) is 11.8 Å². The molecule has 1 N–H and O–H groups in total. The monoisotopic (exact) mass is 357 g/mol. The lowest BCUT2D eigenvalue weighted by atomic mass is 10.1. The standard InChI is InChI=1S/C18H19N3O3S/c1-3-24-15-9-11-16(12-10-15)25(22,23)20-17-13-19-21(2)18(17)14-7-5-4-6-8-14/h4-13,20H,3H2,1-2H3. The number of anilines is 1. The minimum Gasteiger partial charge on any atom is -0.494 e. The van der Waals surface area contributed by atoms with Crippen molar-refractivity contribution in [1.82, 2.24) is 9.78 Å². The molecule has 0 aliphatic rings. The highest BCUT2D eigenvalue weighted by Gasteiger charge is 2.19. The molecule has 0 fully saturated rings. The van der Waals surface area contributed by atoms with E-state index in [1.54, 1.807) is 23.9 Å². The van der Waals surface area contributed by atoms with Gasteiger partial charge in [0.05, 0.1) is 29.1 Å². The molecule has 0 radical (unpaired) electrons. The summed E-state index contributed by atoms with van der Waals surface area (Å²) in [5, 5.41) is 4.18. The van der Waals surface area contributed by atoms with Crippen molar-refractivity contribution in [1.29, 1.82) is 0 Å². The highest BCUT2D eigenvalue weighted by atomic mass is 32.2. The Morgan fingerprint density at radius 3 is 2.40 bits per heavy atom. The summed E-state index contributed by atoms with van der Waals surface area (Å²) in [6.45, 7) is 2.40. The van der Waals surface area contributed by atoms with Crippen molar-refractivity contribution in [3.8, 4) is 17.0 Å². The van der Waals surface area contributed by atoms with Crippen LogP contribution in [0.25, 0.3) is 11.3 Å². The van der Waals surface area contributed by atoms with Crippen LogP contribution in [0.3, 0.4) is 0 Å². The number of rotatable bonds is 6. The van der Waals surface area contributed by atoms with Gasteiger partial charge >= 0.3 is 0 Å². The second-order valence-corrected chi connectivity index (χ2v) is 7.09. The van der Waals surface area contributed by atoms with Crippen molar-refractivity contribution >= 4 is 15.7 Å². The zero-order valence-electron chi connectivity index (χ0n) is 14.0. The van der Waals surface area contributed by atoms with Crippen LogP contribution in [0.15, 0.2) is 65.7 Å². The summed E-state index contributed by atoms with van der Waals surface area (Å²) >= 11 is 0. The molecule has 1 heterocycles. The summed E-state index contributed by atoms with van der Waals surface area (Å²) in [4.78, 5) is 0.166. The van der Waals surface area contributed by atoms with Gasteiger partial charge in [-0.25, -0.2) is 8.42 Å². The average molecular weight is 357 g/mol. The van der Waals surface area contributed by atoms with Crippen molar-refractivity contribution in [3.63, 3.8) is 0 Å². The van der Waals surface area contributed by atoms with Gasteiger partial charge in [0.15, 0.2) is 0 Å². The highest BCUT2D eigenvalue weighted by Crippen LogP contribution is 2.29. The first kappa shape index (κ1) is 17.0. The molecule has 0 amide bonds. The fourth-order valence-corrected chi connectivity index (χ4v) is 3.59. The number of nitrogens with one attached hydrogen (secondary N) is 1. The summed E-state index contributed by atoms with van der Waals surface area (Å²) in [5.74, 6) is 0.632. The van der Waals surface area contributed by atoms with E-state index >= 15 is 0 Å². The third kappa shape index (κ3) is 3.66. The number of hydrogen-bond donors (Lipinski definition) is 1. The molecule has 2 aromatic carbocycles. The van der Waals surface area contributed by atoms with Gasteiger partial charge in [0.2, 0.25) is 0 Å². The molecule has 1 aromatic heterocycles. The van der Waals surface area contributed by atoms with E-state index in [9.17, 15) is 8.42 Å². The molecule has 0 atom stereocenters. The summed E-state index contributed by atoms with van der Waals surface area (Å²) in [6.07, 6.45) is 1.51. The van der Waals surface area contributed by atoms with E-state index in [2.05, 4.69) is 9.82 Å². The van der Waals surface area contributed by atoms with Gasteiger partial charge in [-0.3, -0.25) is 9.40 Å². The minimum absolute atomic E-state index is 0.166. The summed E-state index contributed by atoms with van der Waals surface area (Å²) in [7, 11) is -1.95. The van der Waals surface area contributed by atoms with Gasteiger partial charge in [0, 0.05) is 12.6 Å². The molecule has 7 heteroatoms. The van der Waals surface area contributed by atoms with E-state index in [4.69, 9.17) is 4.74 Å². The smallest absolute Gasteiger partial charge is 0.262 e. The number of hydrogen-bond acceptors (Lipinski definition) is 4. The van der Waals surface area contributed by atoms with E-state index in [0.717, 1.165) is 5.56 Å². The quantitative estimate of drug-likeness (QED) is 0.735. The Labute approximate surface area is 147 Å². The van der Waals surface area contributed by atoms with Gasteiger partial charge in [-0.1, -0.05) is 30.3 Å². The molecule has 3 aromatic rings. The normalized spacial score (nSPS) is 11.3. The predicted molar refractivity (Wildman–Crippen MR) is 97.1 cm³/mol. The van der Waals surface area contributed by atoms with Crippen LogP contribution in [0.2, 0.25) is 0 Å². The van der Waals surface area contributed by atoms with Crippen molar-refractivity contribution < 1.29 is 13.2 Å². The van der Waals surface area contributed by atoms with Crippen LogP contribution in [0.1, 0.15) is 6.92 Å². The van der Waals surface area contributed by atoms with E-state index in [1.165, 1.54) is 18.3 Å². The van der Waals surface area contributed by atoms with Gasteiger partial charge in [0.1, 0.15) is 5.75 Å². The van der Waals surface area contributed by atoms with Crippen LogP contribution in [-0.4, -0.2) is 24.8 Å². The van der Waals surface area contributed by atoms with Crippen LogP contribution in [0.5, 0.6) is 5.75 Å². The average Bonchev–Trinajstić information content (AvgIpc) is 2.96. The zero-order chi connectivity index (χ0) is 17.9. The zero-order valence-corrected chi connectivity index (χ0v) is 14.8. The van der Waals surface area contributed by atoms with E-state index in [1.807, 2.05) is 37.3 Å². The minimum atomic E-state index is -3.72.